The van der Waals surface area contributed by atoms with Crippen molar-refractivity contribution in [3.63, 3.8) is 0 Å². The van der Waals surface area contributed by atoms with E-state index in [1.54, 1.807) is 11.0 Å². The SMILES string of the molecule is O=C(OCc1ccccc1)N1CCC[C@H]1/C=C/CO. The topological polar surface area (TPSA) is 49.8 Å². The quantitative estimate of drug-likeness (QED) is 0.846. The number of benzene rings is 1. The molecule has 2 rings (SSSR count). The van der Waals surface area contributed by atoms with E-state index in [4.69, 9.17) is 9.84 Å². The molecule has 4 nitrogen and oxygen atoms in total. The van der Waals surface area contributed by atoms with Crippen molar-refractivity contribution in [2.45, 2.75) is 25.5 Å². The molecule has 0 radical (unpaired) electrons. The van der Waals surface area contributed by atoms with E-state index in [1.165, 1.54) is 0 Å². The van der Waals surface area contributed by atoms with Crippen LogP contribution in [0.25, 0.3) is 0 Å². The lowest BCUT2D eigenvalue weighted by molar-refractivity contribution is 0.0974. The number of ether oxygens (including phenoxy) is 1. The van der Waals surface area contributed by atoms with E-state index < -0.39 is 0 Å². The van der Waals surface area contributed by atoms with Crippen LogP contribution in [0.3, 0.4) is 0 Å². The fraction of sp³-hybridized carbons (Fsp3) is 0.400. The number of nitrogens with zero attached hydrogens (tertiary/aromatic N) is 1. The van der Waals surface area contributed by atoms with E-state index >= 15 is 0 Å². The molecule has 1 aromatic carbocycles. The number of hydrogen-bond donors (Lipinski definition) is 1. The van der Waals surface area contributed by atoms with Crippen molar-refractivity contribution in [1.82, 2.24) is 4.90 Å². The highest BCUT2D eigenvalue weighted by Crippen LogP contribution is 2.19. The average molecular weight is 261 g/mol. The second-order valence-corrected chi connectivity index (χ2v) is 4.55. The highest BCUT2D eigenvalue weighted by molar-refractivity contribution is 5.68. The van der Waals surface area contributed by atoms with Gasteiger partial charge in [0.25, 0.3) is 0 Å². The molecule has 102 valence electrons. The smallest absolute Gasteiger partial charge is 0.410 e. The first kappa shape index (κ1) is 13.6. The molecule has 0 bridgehead atoms. The van der Waals surface area contributed by atoms with Crippen molar-refractivity contribution in [2.24, 2.45) is 0 Å². The summed E-state index contributed by atoms with van der Waals surface area (Å²) in [4.78, 5) is 13.7. The van der Waals surface area contributed by atoms with Crippen LogP contribution in [0.4, 0.5) is 4.79 Å². The summed E-state index contributed by atoms with van der Waals surface area (Å²) in [5, 5.41) is 8.78. The van der Waals surface area contributed by atoms with E-state index in [1.807, 2.05) is 36.4 Å². The van der Waals surface area contributed by atoms with Crippen molar-refractivity contribution in [3.05, 3.63) is 48.0 Å². The number of hydrogen-bond acceptors (Lipinski definition) is 3. The Morgan fingerprint density at radius 1 is 1.42 bits per heavy atom. The first-order chi connectivity index (χ1) is 9.31. The number of amides is 1. The van der Waals surface area contributed by atoms with Crippen LogP contribution in [0.15, 0.2) is 42.5 Å². The first-order valence-corrected chi connectivity index (χ1v) is 6.56. The Kier molecular flexibility index (Phi) is 4.98. The van der Waals surface area contributed by atoms with Crippen LogP contribution >= 0.6 is 0 Å². The predicted octanol–water partition coefficient (Wildman–Crippen LogP) is 2.34. The van der Waals surface area contributed by atoms with Gasteiger partial charge < -0.3 is 14.7 Å². The summed E-state index contributed by atoms with van der Waals surface area (Å²) in [6, 6.07) is 9.69. The van der Waals surface area contributed by atoms with Crippen LogP contribution in [-0.2, 0) is 11.3 Å². The lowest BCUT2D eigenvalue weighted by Crippen LogP contribution is -2.34. The average Bonchev–Trinajstić information content (AvgIpc) is 2.92. The minimum absolute atomic E-state index is 0.00338. The number of aliphatic hydroxyl groups is 1. The van der Waals surface area contributed by atoms with Crippen molar-refractivity contribution in [2.75, 3.05) is 13.2 Å². The fourth-order valence-electron chi connectivity index (χ4n) is 2.24. The third-order valence-corrected chi connectivity index (χ3v) is 3.20. The van der Waals surface area contributed by atoms with Gasteiger partial charge in [-0.25, -0.2) is 4.79 Å². The summed E-state index contributed by atoms with van der Waals surface area (Å²) in [5.74, 6) is 0. The zero-order valence-corrected chi connectivity index (χ0v) is 10.9. The fourth-order valence-corrected chi connectivity index (χ4v) is 2.24. The van der Waals surface area contributed by atoms with Gasteiger partial charge in [-0.2, -0.15) is 0 Å². The maximum absolute atomic E-state index is 12.0. The third-order valence-electron chi connectivity index (χ3n) is 3.20. The molecular weight excluding hydrogens is 242 g/mol. The summed E-state index contributed by atoms with van der Waals surface area (Å²) in [6.07, 6.45) is 5.16. The zero-order valence-electron chi connectivity index (χ0n) is 10.9. The van der Waals surface area contributed by atoms with E-state index in [0.29, 0.717) is 13.2 Å². The van der Waals surface area contributed by atoms with Crippen LogP contribution in [0.1, 0.15) is 18.4 Å². The Bertz CT molecular complexity index is 430. The van der Waals surface area contributed by atoms with Crippen molar-refractivity contribution >= 4 is 6.09 Å². The minimum Gasteiger partial charge on any atom is -0.445 e. The van der Waals surface area contributed by atoms with Crippen molar-refractivity contribution in [3.8, 4) is 0 Å². The van der Waals surface area contributed by atoms with Gasteiger partial charge in [0.05, 0.1) is 12.6 Å². The number of aliphatic hydroxyl groups excluding tert-OH is 1. The van der Waals surface area contributed by atoms with Gasteiger partial charge in [-0.15, -0.1) is 0 Å². The van der Waals surface area contributed by atoms with Crippen molar-refractivity contribution < 1.29 is 14.6 Å². The molecule has 0 saturated carbocycles. The molecule has 0 unspecified atom stereocenters. The van der Waals surface area contributed by atoms with Gasteiger partial charge in [0.1, 0.15) is 6.61 Å². The Morgan fingerprint density at radius 2 is 2.21 bits per heavy atom. The molecule has 1 amide bonds. The largest absolute Gasteiger partial charge is 0.445 e. The summed E-state index contributed by atoms with van der Waals surface area (Å²) in [6.45, 7) is 1.02. The molecule has 0 spiro atoms. The normalized spacial score (nSPS) is 19.0. The molecule has 0 aliphatic carbocycles. The maximum Gasteiger partial charge on any atom is 0.410 e. The Labute approximate surface area is 113 Å². The van der Waals surface area contributed by atoms with E-state index in [0.717, 1.165) is 18.4 Å². The molecule has 1 fully saturated rings. The molecule has 1 aliphatic rings. The Morgan fingerprint density at radius 3 is 2.95 bits per heavy atom. The second kappa shape index (κ2) is 6.95. The summed E-state index contributed by atoms with van der Waals surface area (Å²) in [7, 11) is 0. The van der Waals surface area contributed by atoms with Gasteiger partial charge in [0, 0.05) is 6.54 Å². The van der Waals surface area contributed by atoms with Crippen molar-refractivity contribution in [1.29, 1.82) is 0 Å². The van der Waals surface area contributed by atoms with Crippen LogP contribution in [0.2, 0.25) is 0 Å². The highest BCUT2D eigenvalue weighted by Gasteiger charge is 2.27. The maximum atomic E-state index is 12.0. The van der Waals surface area contributed by atoms with Gasteiger partial charge in [-0.3, -0.25) is 0 Å². The molecule has 1 saturated heterocycles. The molecular formula is C15H19NO3. The molecule has 4 heteroatoms. The zero-order chi connectivity index (χ0) is 13.5. The van der Waals surface area contributed by atoms with Crippen LogP contribution < -0.4 is 0 Å². The van der Waals surface area contributed by atoms with Gasteiger partial charge >= 0.3 is 6.09 Å². The molecule has 0 aromatic heterocycles. The standard InChI is InChI=1S/C15H19NO3/c17-11-5-9-14-8-4-10-16(14)15(18)19-12-13-6-2-1-3-7-13/h1-3,5-7,9,14,17H,4,8,10-12H2/b9-5+/t14-/m0/s1. The van der Waals surface area contributed by atoms with Crippen LogP contribution in [-0.4, -0.2) is 35.3 Å². The number of carbonyl (C=O) groups excluding carboxylic acids is 1. The monoisotopic (exact) mass is 261 g/mol. The minimum atomic E-state index is -0.283. The summed E-state index contributed by atoms with van der Waals surface area (Å²) >= 11 is 0. The van der Waals surface area contributed by atoms with Gasteiger partial charge in [0.2, 0.25) is 0 Å². The molecule has 1 heterocycles. The van der Waals surface area contributed by atoms with Gasteiger partial charge in [-0.1, -0.05) is 42.5 Å². The lowest BCUT2D eigenvalue weighted by Gasteiger charge is -2.21. The van der Waals surface area contributed by atoms with E-state index in [-0.39, 0.29) is 18.7 Å². The predicted molar refractivity (Wildman–Crippen MR) is 72.6 cm³/mol. The van der Waals surface area contributed by atoms with E-state index in [2.05, 4.69) is 0 Å². The Hall–Kier alpha value is -1.81. The lowest BCUT2D eigenvalue weighted by atomic mass is 10.2. The summed E-state index contributed by atoms with van der Waals surface area (Å²) < 4.78 is 5.31. The van der Waals surface area contributed by atoms with Crippen LogP contribution in [0, 0.1) is 0 Å². The van der Waals surface area contributed by atoms with E-state index in [9.17, 15) is 4.79 Å². The molecule has 1 aliphatic heterocycles. The third kappa shape index (κ3) is 3.83. The number of carbonyl (C=O) groups is 1. The molecule has 19 heavy (non-hydrogen) atoms. The van der Waals surface area contributed by atoms with Gasteiger partial charge in [0.15, 0.2) is 0 Å². The van der Waals surface area contributed by atoms with Gasteiger partial charge in [-0.05, 0) is 18.4 Å². The summed E-state index contributed by atoms with van der Waals surface area (Å²) in [5.41, 5.74) is 0.984. The second-order valence-electron chi connectivity index (χ2n) is 4.55. The number of rotatable bonds is 4. The number of likely N-dealkylation sites (tertiary alicyclic amines) is 1. The molecule has 1 atom stereocenters. The Balaban J connectivity index is 1.87. The molecule has 1 aromatic rings. The van der Waals surface area contributed by atoms with Crippen LogP contribution in [0.5, 0.6) is 0 Å². The molecule has 1 N–H and O–H groups in total. The highest BCUT2D eigenvalue weighted by atomic mass is 16.6. The first-order valence-electron chi connectivity index (χ1n) is 6.56.